The van der Waals surface area contributed by atoms with Crippen LogP contribution in [0, 0.1) is 6.92 Å². The van der Waals surface area contributed by atoms with Crippen molar-refractivity contribution < 1.29 is 19.1 Å². The molecule has 22 heavy (non-hydrogen) atoms. The lowest BCUT2D eigenvalue weighted by Gasteiger charge is -2.17. The molecule has 1 aliphatic heterocycles. The third-order valence-electron chi connectivity index (χ3n) is 3.40. The van der Waals surface area contributed by atoms with E-state index < -0.39 is 24.0 Å². The molecule has 0 saturated carbocycles. The monoisotopic (exact) mass is 324 g/mol. The van der Waals surface area contributed by atoms with E-state index in [0.717, 1.165) is 5.56 Å². The minimum Gasteiger partial charge on any atom is -0.451 e. The quantitative estimate of drug-likeness (QED) is 0.827. The second-order valence-corrected chi connectivity index (χ2v) is 5.62. The molecule has 0 bridgehead atoms. The molecule has 0 aromatic heterocycles. The standard InChI is InChI=1S/C15H17ClN2O4/c1-8-3-4-10(16)7-12(8)18-14(20)9(2)22-15(21)11-5-6-13(19)17-11/h3-4,7,9,11H,5-6H2,1-2H3,(H,17,19)(H,18,20)/t9-,11-/m1/s1. The van der Waals surface area contributed by atoms with Crippen LogP contribution in [0.25, 0.3) is 0 Å². The number of carbonyl (C=O) groups is 3. The molecule has 1 heterocycles. The first kappa shape index (κ1) is 16.3. The maximum absolute atomic E-state index is 12.1. The number of hydrogen-bond donors (Lipinski definition) is 2. The highest BCUT2D eigenvalue weighted by Crippen LogP contribution is 2.20. The van der Waals surface area contributed by atoms with Crippen LogP contribution >= 0.6 is 11.6 Å². The summed E-state index contributed by atoms with van der Waals surface area (Å²) in [5.74, 6) is -1.24. The van der Waals surface area contributed by atoms with E-state index in [0.29, 0.717) is 23.6 Å². The van der Waals surface area contributed by atoms with Crippen LogP contribution in [0.3, 0.4) is 0 Å². The van der Waals surface area contributed by atoms with E-state index in [2.05, 4.69) is 10.6 Å². The number of esters is 1. The van der Waals surface area contributed by atoms with Gasteiger partial charge in [-0.05, 0) is 38.0 Å². The smallest absolute Gasteiger partial charge is 0.329 e. The van der Waals surface area contributed by atoms with Gasteiger partial charge in [-0.3, -0.25) is 9.59 Å². The van der Waals surface area contributed by atoms with Crippen LogP contribution in [-0.4, -0.2) is 29.9 Å². The van der Waals surface area contributed by atoms with Crippen molar-refractivity contribution in [1.29, 1.82) is 0 Å². The fourth-order valence-corrected chi connectivity index (χ4v) is 2.24. The Morgan fingerprint density at radius 3 is 2.82 bits per heavy atom. The normalized spacial score (nSPS) is 18.5. The van der Waals surface area contributed by atoms with Crippen LogP contribution in [0.2, 0.25) is 5.02 Å². The molecule has 0 radical (unpaired) electrons. The van der Waals surface area contributed by atoms with Gasteiger partial charge < -0.3 is 15.4 Å². The second kappa shape index (κ2) is 6.79. The molecule has 1 fully saturated rings. The van der Waals surface area contributed by atoms with Crippen molar-refractivity contribution >= 4 is 35.1 Å². The van der Waals surface area contributed by atoms with Crippen molar-refractivity contribution in [2.24, 2.45) is 0 Å². The van der Waals surface area contributed by atoms with E-state index in [1.807, 2.05) is 6.92 Å². The molecule has 0 aliphatic carbocycles. The Balaban J connectivity index is 1.93. The molecule has 2 atom stereocenters. The highest BCUT2D eigenvalue weighted by atomic mass is 35.5. The molecule has 1 aromatic carbocycles. The zero-order valence-corrected chi connectivity index (χ0v) is 13.1. The molecule has 2 N–H and O–H groups in total. The van der Waals surface area contributed by atoms with Crippen LogP contribution < -0.4 is 10.6 Å². The van der Waals surface area contributed by atoms with Crippen molar-refractivity contribution in [2.75, 3.05) is 5.32 Å². The van der Waals surface area contributed by atoms with Gasteiger partial charge in [0.2, 0.25) is 5.91 Å². The van der Waals surface area contributed by atoms with Gasteiger partial charge in [0.05, 0.1) is 0 Å². The van der Waals surface area contributed by atoms with Crippen LogP contribution in [0.4, 0.5) is 5.69 Å². The molecule has 1 saturated heterocycles. The Morgan fingerprint density at radius 2 is 2.18 bits per heavy atom. The lowest BCUT2D eigenvalue weighted by molar-refractivity contribution is -0.155. The van der Waals surface area contributed by atoms with Crippen molar-refractivity contribution in [3.05, 3.63) is 28.8 Å². The summed E-state index contributed by atoms with van der Waals surface area (Å²) in [6.07, 6.45) is -0.287. The third-order valence-corrected chi connectivity index (χ3v) is 3.63. The Labute approximate surface area is 133 Å². The number of halogens is 1. The summed E-state index contributed by atoms with van der Waals surface area (Å²) in [6, 6.07) is 4.46. The first-order chi connectivity index (χ1) is 10.4. The minimum absolute atomic E-state index is 0.186. The predicted molar refractivity (Wildman–Crippen MR) is 81.5 cm³/mol. The molecular formula is C15H17ClN2O4. The predicted octanol–water partition coefficient (Wildman–Crippen LogP) is 1.80. The molecule has 0 spiro atoms. The minimum atomic E-state index is -0.969. The molecule has 118 valence electrons. The molecule has 2 amide bonds. The summed E-state index contributed by atoms with van der Waals surface area (Å²) in [5, 5.41) is 5.67. The number of nitrogens with one attached hydrogen (secondary N) is 2. The topological polar surface area (TPSA) is 84.5 Å². The Bertz CT molecular complexity index is 618. The van der Waals surface area contributed by atoms with E-state index >= 15 is 0 Å². The fraction of sp³-hybridized carbons (Fsp3) is 0.400. The third kappa shape index (κ3) is 3.98. The number of anilines is 1. The lowest BCUT2D eigenvalue weighted by Crippen LogP contribution is -2.39. The number of rotatable bonds is 4. The maximum Gasteiger partial charge on any atom is 0.329 e. The van der Waals surface area contributed by atoms with Crippen molar-refractivity contribution in [1.82, 2.24) is 5.32 Å². The van der Waals surface area contributed by atoms with E-state index in [1.165, 1.54) is 6.92 Å². The van der Waals surface area contributed by atoms with E-state index in [-0.39, 0.29) is 5.91 Å². The van der Waals surface area contributed by atoms with Gasteiger partial charge in [0, 0.05) is 17.1 Å². The summed E-state index contributed by atoms with van der Waals surface area (Å²) >= 11 is 5.89. The van der Waals surface area contributed by atoms with Crippen LogP contribution in [0.15, 0.2) is 18.2 Å². The summed E-state index contributed by atoms with van der Waals surface area (Å²) in [7, 11) is 0. The molecule has 6 nitrogen and oxygen atoms in total. The number of carbonyl (C=O) groups excluding carboxylic acids is 3. The Kier molecular flexibility index (Phi) is 5.03. The molecule has 1 aromatic rings. The number of amides is 2. The van der Waals surface area contributed by atoms with Gasteiger partial charge in [0.15, 0.2) is 6.10 Å². The van der Waals surface area contributed by atoms with Gasteiger partial charge in [-0.1, -0.05) is 17.7 Å². The van der Waals surface area contributed by atoms with Crippen molar-refractivity contribution in [3.63, 3.8) is 0 Å². The summed E-state index contributed by atoms with van der Waals surface area (Å²) < 4.78 is 5.09. The first-order valence-electron chi connectivity index (χ1n) is 6.93. The van der Waals surface area contributed by atoms with Gasteiger partial charge in [-0.25, -0.2) is 4.79 Å². The molecule has 0 unspecified atom stereocenters. The van der Waals surface area contributed by atoms with Gasteiger partial charge in [-0.15, -0.1) is 0 Å². The molecule has 2 rings (SSSR count). The van der Waals surface area contributed by atoms with Gasteiger partial charge in [-0.2, -0.15) is 0 Å². The number of ether oxygens (including phenoxy) is 1. The average molecular weight is 325 g/mol. The zero-order chi connectivity index (χ0) is 16.3. The summed E-state index contributed by atoms with van der Waals surface area (Å²) in [5.41, 5.74) is 1.41. The van der Waals surface area contributed by atoms with E-state index in [4.69, 9.17) is 16.3 Å². The van der Waals surface area contributed by atoms with Crippen molar-refractivity contribution in [2.45, 2.75) is 38.8 Å². The lowest BCUT2D eigenvalue weighted by atomic mass is 10.2. The van der Waals surface area contributed by atoms with Crippen LogP contribution in [0.1, 0.15) is 25.3 Å². The Morgan fingerprint density at radius 1 is 1.45 bits per heavy atom. The average Bonchev–Trinajstić information content (AvgIpc) is 2.89. The SMILES string of the molecule is Cc1ccc(Cl)cc1NC(=O)[C@@H](C)OC(=O)[C@H]1CCC(=O)N1. The summed E-state index contributed by atoms with van der Waals surface area (Å²) in [4.78, 5) is 35.0. The van der Waals surface area contributed by atoms with Gasteiger partial charge >= 0.3 is 5.97 Å². The number of benzene rings is 1. The molecular weight excluding hydrogens is 308 g/mol. The van der Waals surface area contributed by atoms with Crippen LogP contribution in [0.5, 0.6) is 0 Å². The van der Waals surface area contributed by atoms with E-state index in [9.17, 15) is 14.4 Å². The first-order valence-corrected chi connectivity index (χ1v) is 7.31. The van der Waals surface area contributed by atoms with Crippen LogP contribution in [-0.2, 0) is 19.1 Å². The number of aryl methyl sites for hydroxylation is 1. The highest BCUT2D eigenvalue weighted by Gasteiger charge is 2.30. The fourth-order valence-electron chi connectivity index (χ4n) is 2.06. The van der Waals surface area contributed by atoms with Gasteiger partial charge in [0.1, 0.15) is 6.04 Å². The summed E-state index contributed by atoms with van der Waals surface area (Å²) in [6.45, 7) is 3.31. The maximum atomic E-state index is 12.1. The largest absolute Gasteiger partial charge is 0.451 e. The number of hydrogen-bond acceptors (Lipinski definition) is 4. The van der Waals surface area contributed by atoms with Crippen molar-refractivity contribution in [3.8, 4) is 0 Å². The zero-order valence-electron chi connectivity index (χ0n) is 12.3. The molecule has 7 heteroatoms. The Hall–Kier alpha value is -2.08. The van der Waals surface area contributed by atoms with E-state index in [1.54, 1.807) is 18.2 Å². The molecule has 1 aliphatic rings. The highest BCUT2D eigenvalue weighted by molar-refractivity contribution is 6.31. The second-order valence-electron chi connectivity index (χ2n) is 5.19. The van der Waals surface area contributed by atoms with Gasteiger partial charge in [0.25, 0.3) is 5.91 Å².